The summed E-state index contributed by atoms with van der Waals surface area (Å²) in [5, 5.41) is 0.551. The van der Waals surface area contributed by atoms with Gasteiger partial charge in [0, 0.05) is 16.7 Å². The third-order valence-corrected chi connectivity index (χ3v) is 2.49. The Hall–Kier alpha value is -1.32. The quantitative estimate of drug-likeness (QED) is 0.780. The van der Waals surface area contributed by atoms with Crippen LogP contribution in [-0.2, 0) is 0 Å². The fourth-order valence-corrected chi connectivity index (χ4v) is 1.77. The number of hydrogen-bond donors (Lipinski definition) is 1. The molecule has 1 heterocycles. The molecular weight excluding hydrogens is 252 g/mol. The SMILES string of the molecule is O=c1cc(-c2cc(Cl)ccc2F)cc(Cl)[nH]1. The maximum Gasteiger partial charge on any atom is 0.249 e. The van der Waals surface area contributed by atoms with Gasteiger partial charge in [-0.25, -0.2) is 4.39 Å². The number of aromatic nitrogens is 1. The van der Waals surface area contributed by atoms with E-state index < -0.39 is 5.82 Å². The van der Waals surface area contributed by atoms with Crippen molar-refractivity contribution in [2.24, 2.45) is 0 Å². The van der Waals surface area contributed by atoms with E-state index in [1.807, 2.05) is 0 Å². The van der Waals surface area contributed by atoms with E-state index in [1.165, 1.54) is 30.3 Å². The minimum atomic E-state index is -0.453. The fraction of sp³-hybridized carbons (Fsp3) is 0. The second-order valence-corrected chi connectivity index (χ2v) is 4.05. The standard InChI is InChI=1S/C11H6Cl2FNO/c12-7-1-2-9(14)8(5-7)6-3-10(13)15-11(16)4-6/h1-5H,(H,15,16). The zero-order valence-electron chi connectivity index (χ0n) is 7.93. The van der Waals surface area contributed by atoms with Gasteiger partial charge < -0.3 is 4.98 Å². The monoisotopic (exact) mass is 257 g/mol. The summed E-state index contributed by atoms with van der Waals surface area (Å²) in [6.45, 7) is 0. The van der Waals surface area contributed by atoms with Crippen LogP contribution in [0.1, 0.15) is 0 Å². The van der Waals surface area contributed by atoms with Gasteiger partial charge in [0.05, 0.1) is 0 Å². The third kappa shape index (κ3) is 2.26. The van der Waals surface area contributed by atoms with Crippen molar-refractivity contribution in [1.29, 1.82) is 0 Å². The minimum absolute atomic E-state index is 0.155. The normalized spacial score (nSPS) is 10.4. The number of nitrogens with one attached hydrogen (secondary N) is 1. The summed E-state index contributed by atoms with van der Waals surface area (Å²) in [5.41, 5.74) is 0.260. The van der Waals surface area contributed by atoms with E-state index in [0.29, 0.717) is 10.6 Å². The van der Waals surface area contributed by atoms with Crippen molar-refractivity contribution in [3.05, 3.63) is 56.7 Å². The lowest BCUT2D eigenvalue weighted by Crippen LogP contribution is -2.04. The number of pyridine rings is 1. The lowest BCUT2D eigenvalue weighted by molar-refractivity contribution is 0.631. The third-order valence-electron chi connectivity index (χ3n) is 2.05. The Morgan fingerprint density at radius 1 is 1.12 bits per heavy atom. The molecule has 0 saturated heterocycles. The highest BCUT2D eigenvalue weighted by Gasteiger charge is 2.07. The molecule has 5 heteroatoms. The Labute approximate surface area is 101 Å². The van der Waals surface area contributed by atoms with Crippen LogP contribution < -0.4 is 5.56 Å². The molecule has 0 radical (unpaired) electrons. The van der Waals surface area contributed by atoms with E-state index in [-0.39, 0.29) is 16.3 Å². The Morgan fingerprint density at radius 2 is 1.88 bits per heavy atom. The van der Waals surface area contributed by atoms with Crippen molar-refractivity contribution < 1.29 is 4.39 Å². The molecule has 1 N–H and O–H groups in total. The Bertz CT molecular complexity index is 595. The number of halogens is 3. The molecule has 0 aliphatic carbocycles. The fourth-order valence-electron chi connectivity index (χ4n) is 1.38. The first-order valence-corrected chi connectivity index (χ1v) is 5.17. The summed E-state index contributed by atoms with van der Waals surface area (Å²) >= 11 is 11.4. The molecule has 2 aromatic rings. The van der Waals surface area contributed by atoms with Crippen molar-refractivity contribution in [1.82, 2.24) is 4.98 Å². The van der Waals surface area contributed by atoms with Gasteiger partial charge >= 0.3 is 0 Å². The van der Waals surface area contributed by atoms with Crippen LogP contribution in [0.5, 0.6) is 0 Å². The molecule has 2 rings (SSSR count). The van der Waals surface area contributed by atoms with E-state index in [0.717, 1.165) is 0 Å². The summed E-state index contributed by atoms with van der Waals surface area (Å²) in [4.78, 5) is 13.6. The van der Waals surface area contributed by atoms with Gasteiger partial charge in [-0.2, -0.15) is 0 Å². The summed E-state index contributed by atoms with van der Waals surface area (Å²) < 4.78 is 13.5. The van der Waals surface area contributed by atoms with E-state index in [2.05, 4.69) is 4.98 Å². The predicted molar refractivity (Wildman–Crippen MR) is 62.5 cm³/mol. The molecule has 0 unspecified atom stereocenters. The van der Waals surface area contributed by atoms with Crippen LogP contribution in [0.2, 0.25) is 10.2 Å². The smallest absolute Gasteiger partial charge is 0.249 e. The van der Waals surface area contributed by atoms with Crippen molar-refractivity contribution in [3.63, 3.8) is 0 Å². The molecule has 16 heavy (non-hydrogen) atoms. The largest absolute Gasteiger partial charge is 0.313 e. The van der Waals surface area contributed by atoms with Crippen LogP contribution in [0.25, 0.3) is 11.1 Å². The number of hydrogen-bond acceptors (Lipinski definition) is 1. The molecule has 2 nitrogen and oxygen atoms in total. The molecule has 1 aromatic heterocycles. The highest BCUT2D eigenvalue weighted by molar-refractivity contribution is 6.31. The molecule has 0 fully saturated rings. The van der Waals surface area contributed by atoms with Crippen LogP contribution in [0.4, 0.5) is 4.39 Å². The van der Waals surface area contributed by atoms with E-state index >= 15 is 0 Å². The molecule has 0 atom stereocenters. The molecule has 82 valence electrons. The van der Waals surface area contributed by atoms with Gasteiger partial charge in [-0.05, 0) is 29.8 Å². The first-order chi connectivity index (χ1) is 7.56. The number of rotatable bonds is 1. The highest BCUT2D eigenvalue weighted by Crippen LogP contribution is 2.26. The Kier molecular flexibility index (Phi) is 2.99. The van der Waals surface area contributed by atoms with Crippen LogP contribution in [0.15, 0.2) is 35.1 Å². The minimum Gasteiger partial charge on any atom is -0.313 e. The van der Waals surface area contributed by atoms with Gasteiger partial charge in [0.15, 0.2) is 0 Å². The molecule has 1 aromatic carbocycles. The summed E-state index contributed by atoms with van der Waals surface area (Å²) in [5.74, 6) is -0.453. The van der Waals surface area contributed by atoms with Gasteiger partial charge in [0.1, 0.15) is 11.0 Å². The average Bonchev–Trinajstić information content (AvgIpc) is 2.20. The van der Waals surface area contributed by atoms with Crippen LogP contribution in [0.3, 0.4) is 0 Å². The predicted octanol–water partition coefficient (Wildman–Crippen LogP) is 3.49. The second-order valence-electron chi connectivity index (χ2n) is 3.21. The lowest BCUT2D eigenvalue weighted by Gasteiger charge is -2.04. The Morgan fingerprint density at radius 3 is 2.56 bits per heavy atom. The lowest BCUT2D eigenvalue weighted by atomic mass is 10.1. The first kappa shape index (κ1) is 11.2. The maximum atomic E-state index is 13.5. The van der Waals surface area contributed by atoms with E-state index in [9.17, 15) is 9.18 Å². The molecular formula is C11H6Cl2FNO. The van der Waals surface area contributed by atoms with E-state index in [1.54, 1.807) is 0 Å². The average molecular weight is 258 g/mol. The molecule has 0 bridgehead atoms. The summed E-state index contributed by atoms with van der Waals surface area (Å²) in [7, 11) is 0. The molecule has 0 aliphatic rings. The number of aromatic amines is 1. The zero-order chi connectivity index (χ0) is 11.7. The van der Waals surface area contributed by atoms with Crippen LogP contribution >= 0.6 is 23.2 Å². The molecule has 0 saturated carbocycles. The highest BCUT2D eigenvalue weighted by atomic mass is 35.5. The van der Waals surface area contributed by atoms with Gasteiger partial charge in [-0.3, -0.25) is 4.79 Å². The van der Waals surface area contributed by atoms with Gasteiger partial charge in [-0.1, -0.05) is 23.2 Å². The Balaban J connectivity index is 2.66. The first-order valence-electron chi connectivity index (χ1n) is 4.41. The second kappa shape index (κ2) is 4.28. The molecule has 0 spiro atoms. The summed E-state index contributed by atoms with van der Waals surface area (Å²) in [6.07, 6.45) is 0. The van der Waals surface area contributed by atoms with Crippen molar-refractivity contribution >= 4 is 23.2 Å². The van der Waals surface area contributed by atoms with Crippen molar-refractivity contribution in [3.8, 4) is 11.1 Å². The molecule has 0 aliphatic heterocycles. The maximum absolute atomic E-state index is 13.5. The van der Waals surface area contributed by atoms with Gasteiger partial charge in [-0.15, -0.1) is 0 Å². The van der Waals surface area contributed by atoms with Crippen molar-refractivity contribution in [2.75, 3.05) is 0 Å². The topological polar surface area (TPSA) is 32.9 Å². The van der Waals surface area contributed by atoms with E-state index in [4.69, 9.17) is 23.2 Å². The van der Waals surface area contributed by atoms with Crippen LogP contribution in [-0.4, -0.2) is 4.98 Å². The van der Waals surface area contributed by atoms with Gasteiger partial charge in [0.2, 0.25) is 5.56 Å². The number of benzene rings is 1. The summed E-state index contributed by atoms with van der Waals surface area (Å²) in [6, 6.07) is 6.86. The van der Waals surface area contributed by atoms with Gasteiger partial charge in [0.25, 0.3) is 0 Å². The number of H-pyrrole nitrogens is 1. The molecule has 0 amide bonds. The van der Waals surface area contributed by atoms with Crippen LogP contribution in [0, 0.1) is 5.82 Å². The zero-order valence-corrected chi connectivity index (χ0v) is 9.44. The van der Waals surface area contributed by atoms with Crippen molar-refractivity contribution in [2.45, 2.75) is 0 Å².